The Morgan fingerprint density at radius 2 is 1.85 bits per heavy atom. The number of amides is 3. The number of aryl methyl sites for hydroxylation is 1. The molecule has 1 aromatic rings. The van der Waals surface area contributed by atoms with Gasteiger partial charge in [-0.15, -0.1) is 0 Å². The van der Waals surface area contributed by atoms with Crippen LogP contribution in [0.15, 0.2) is 24.3 Å². The summed E-state index contributed by atoms with van der Waals surface area (Å²) in [6, 6.07) is 6.71. The Morgan fingerprint density at radius 1 is 1.15 bits per heavy atom. The van der Waals surface area contributed by atoms with E-state index in [1.54, 1.807) is 12.1 Å². The summed E-state index contributed by atoms with van der Waals surface area (Å²) in [6.45, 7) is 1.97. The van der Waals surface area contributed by atoms with Gasteiger partial charge < -0.3 is 10.4 Å². The molecule has 0 saturated carbocycles. The van der Waals surface area contributed by atoms with Crippen molar-refractivity contribution < 1.29 is 19.5 Å². The average Bonchev–Trinajstić information content (AvgIpc) is 2.38. The molecule has 0 bridgehead atoms. The van der Waals surface area contributed by atoms with Gasteiger partial charge in [0.15, 0.2) is 0 Å². The monoisotopic (exact) mass is 278 g/mol. The van der Waals surface area contributed by atoms with Crippen molar-refractivity contribution in [2.75, 3.05) is 5.32 Å². The third kappa shape index (κ3) is 5.51. The molecule has 0 aliphatic heterocycles. The highest BCUT2D eigenvalue weighted by molar-refractivity contribution is 6.01. The lowest BCUT2D eigenvalue weighted by atomic mass is 10.1. The predicted molar refractivity (Wildman–Crippen MR) is 74.5 cm³/mol. The summed E-state index contributed by atoms with van der Waals surface area (Å²) in [5.74, 6) is -1.45. The number of carboxylic acid groups (broad SMARTS) is 1. The molecule has 3 N–H and O–H groups in total. The van der Waals surface area contributed by atoms with Gasteiger partial charge in [0.25, 0.3) is 0 Å². The highest BCUT2D eigenvalue weighted by Crippen LogP contribution is 2.14. The maximum atomic E-state index is 11.6. The Balaban J connectivity index is 2.43. The summed E-state index contributed by atoms with van der Waals surface area (Å²) < 4.78 is 0. The molecule has 0 aromatic heterocycles. The normalized spacial score (nSPS) is 9.85. The number of anilines is 1. The number of rotatable bonds is 6. The van der Waals surface area contributed by atoms with Crippen LogP contribution in [0.25, 0.3) is 0 Å². The largest absolute Gasteiger partial charge is 0.481 e. The Hall–Kier alpha value is -2.37. The molecule has 3 amide bonds. The van der Waals surface area contributed by atoms with Gasteiger partial charge in [0.05, 0.1) is 0 Å². The van der Waals surface area contributed by atoms with Crippen LogP contribution in [0.1, 0.15) is 31.7 Å². The summed E-state index contributed by atoms with van der Waals surface area (Å²) in [4.78, 5) is 33.3. The standard InChI is InChI=1S/C14H18N2O4/c1-2-10-6-3-4-7-11(10)15-14(20)16-12(17)8-5-9-13(18)19/h3-4,6-7H,2,5,8-9H2,1H3,(H,18,19)(H2,15,16,17,20). The Kier molecular flexibility index (Phi) is 6.22. The molecule has 0 saturated heterocycles. The summed E-state index contributed by atoms with van der Waals surface area (Å²) in [7, 11) is 0. The van der Waals surface area contributed by atoms with Gasteiger partial charge in [-0.2, -0.15) is 0 Å². The molecule has 0 aliphatic rings. The Bertz CT molecular complexity index is 500. The van der Waals surface area contributed by atoms with E-state index in [1.165, 1.54) is 0 Å². The van der Waals surface area contributed by atoms with E-state index in [9.17, 15) is 14.4 Å². The van der Waals surface area contributed by atoms with Crippen molar-refractivity contribution in [1.29, 1.82) is 0 Å². The first-order valence-corrected chi connectivity index (χ1v) is 6.43. The number of imide groups is 1. The SMILES string of the molecule is CCc1ccccc1NC(=O)NC(=O)CCCC(=O)O. The van der Waals surface area contributed by atoms with Crippen molar-refractivity contribution in [3.63, 3.8) is 0 Å². The number of benzene rings is 1. The third-order valence-corrected chi connectivity index (χ3v) is 2.69. The molecule has 0 radical (unpaired) electrons. The van der Waals surface area contributed by atoms with Gasteiger partial charge in [-0.1, -0.05) is 25.1 Å². The second-order valence-corrected chi connectivity index (χ2v) is 4.26. The highest BCUT2D eigenvalue weighted by Gasteiger charge is 2.10. The number of carbonyl (C=O) groups is 3. The second kappa shape index (κ2) is 7.93. The van der Waals surface area contributed by atoms with E-state index < -0.39 is 17.9 Å². The molecule has 0 aliphatic carbocycles. The molecule has 6 heteroatoms. The van der Waals surface area contributed by atoms with Crippen LogP contribution in [0.5, 0.6) is 0 Å². The number of carbonyl (C=O) groups excluding carboxylic acids is 2. The van der Waals surface area contributed by atoms with Crippen LogP contribution in [0.2, 0.25) is 0 Å². The maximum absolute atomic E-state index is 11.6. The van der Waals surface area contributed by atoms with E-state index in [-0.39, 0.29) is 19.3 Å². The molecule has 0 spiro atoms. The van der Waals surface area contributed by atoms with Gasteiger partial charge in [0.2, 0.25) is 5.91 Å². The van der Waals surface area contributed by atoms with Crippen molar-refractivity contribution in [2.24, 2.45) is 0 Å². The lowest BCUT2D eigenvalue weighted by Crippen LogP contribution is -2.34. The Morgan fingerprint density at radius 3 is 2.50 bits per heavy atom. The van der Waals surface area contributed by atoms with E-state index >= 15 is 0 Å². The van der Waals surface area contributed by atoms with Crippen LogP contribution in [-0.4, -0.2) is 23.0 Å². The lowest BCUT2D eigenvalue weighted by molar-refractivity contribution is -0.137. The molecular formula is C14H18N2O4. The molecule has 20 heavy (non-hydrogen) atoms. The smallest absolute Gasteiger partial charge is 0.325 e. The lowest BCUT2D eigenvalue weighted by Gasteiger charge is -2.10. The number of carboxylic acids is 1. The van der Waals surface area contributed by atoms with Gasteiger partial charge in [-0.05, 0) is 24.5 Å². The average molecular weight is 278 g/mol. The van der Waals surface area contributed by atoms with Crippen LogP contribution < -0.4 is 10.6 Å². The van der Waals surface area contributed by atoms with Crippen LogP contribution in [0, 0.1) is 0 Å². The van der Waals surface area contributed by atoms with Gasteiger partial charge in [-0.3, -0.25) is 14.9 Å². The molecule has 0 unspecified atom stereocenters. The zero-order valence-electron chi connectivity index (χ0n) is 11.3. The number of para-hydroxylation sites is 1. The van der Waals surface area contributed by atoms with Crippen LogP contribution >= 0.6 is 0 Å². The van der Waals surface area contributed by atoms with Crippen molar-refractivity contribution >= 4 is 23.6 Å². The summed E-state index contributed by atoms with van der Waals surface area (Å²) >= 11 is 0. The molecule has 1 rings (SSSR count). The van der Waals surface area contributed by atoms with Gasteiger partial charge in [-0.25, -0.2) is 4.79 Å². The first-order chi connectivity index (χ1) is 9.52. The molecule has 0 atom stereocenters. The van der Waals surface area contributed by atoms with Crippen LogP contribution in [-0.2, 0) is 16.0 Å². The van der Waals surface area contributed by atoms with E-state index in [0.29, 0.717) is 5.69 Å². The van der Waals surface area contributed by atoms with E-state index in [4.69, 9.17) is 5.11 Å². The van der Waals surface area contributed by atoms with Crippen LogP contribution in [0.4, 0.5) is 10.5 Å². The topological polar surface area (TPSA) is 95.5 Å². The van der Waals surface area contributed by atoms with Crippen molar-refractivity contribution in [3.05, 3.63) is 29.8 Å². The number of aliphatic carboxylic acids is 1. The fraction of sp³-hybridized carbons (Fsp3) is 0.357. The van der Waals surface area contributed by atoms with Gasteiger partial charge in [0.1, 0.15) is 0 Å². The molecular weight excluding hydrogens is 260 g/mol. The summed E-state index contributed by atoms with van der Waals surface area (Å²) in [5, 5.41) is 13.2. The second-order valence-electron chi connectivity index (χ2n) is 4.26. The van der Waals surface area contributed by atoms with E-state index in [1.807, 2.05) is 19.1 Å². The fourth-order valence-corrected chi connectivity index (χ4v) is 1.69. The highest BCUT2D eigenvalue weighted by atomic mass is 16.4. The minimum Gasteiger partial charge on any atom is -0.481 e. The fourth-order valence-electron chi connectivity index (χ4n) is 1.69. The molecule has 0 heterocycles. The van der Waals surface area contributed by atoms with Crippen molar-refractivity contribution in [3.8, 4) is 0 Å². The van der Waals surface area contributed by atoms with Crippen molar-refractivity contribution in [1.82, 2.24) is 5.32 Å². The number of urea groups is 1. The molecule has 1 aromatic carbocycles. The predicted octanol–water partition coefficient (Wildman–Crippen LogP) is 2.15. The molecule has 108 valence electrons. The number of hydrogen-bond donors (Lipinski definition) is 3. The van der Waals surface area contributed by atoms with Crippen molar-refractivity contribution in [2.45, 2.75) is 32.6 Å². The third-order valence-electron chi connectivity index (χ3n) is 2.69. The molecule has 0 fully saturated rings. The Labute approximate surface area is 117 Å². The maximum Gasteiger partial charge on any atom is 0.325 e. The van der Waals surface area contributed by atoms with Crippen LogP contribution in [0.3, 0.4) is 0 Å². The van der Waals surface area contributed by atoms with Gasteiger partial charge in [0, 0.05) is 18.5 Å². The zero-order valence-corrected chi connectivity index (χ0v) is 11.3. The van der Waals surface area contributed by atoms with E-state index in [2.05, 4.69) is 10.6 Å². The number of nitrogens with one attached hydrogen (secondary N) is 2. The number of hydrogen-bond acceptors (Lipinski definition) is 3. The first kappa shape index (κ1) is 15.7. The summed E-state index contributed by atoms with van der Waals surface area (Å²) in [5.41, 5.74) is 1.63. The quantitative estimate of drug-likeness (QED) is 0.743. The summed E-state index contributed by atoms with van der Waals surface area (Å²) in [6.07, 6.45) is 0.895. The first-order valence-electron chi connectivity index (χ1n) is 6.43. The minimum absolute atomic E-state index is 0.00907. The van der Waals surface area contributed by atoms with Gasteiger partial charge >= 0.3 is 12.0 Å². The van der Waals surface area contributed by atoms with E-state index in [0.717, 1.165) is 12.0 Å². The minimum atomic E-state index is -0.959. The zero-order chi connectivity index (χ0) is 15.0. The molecule has 6 nitrogen and oxygen atoms in total.